The van der Waals surface area contributed by atoms with Crippen LogP contribution >= 0.6 is 0 Å². The third-order valence-corrected chi connectivity index (χ3v) is 4.36. The average molecular weight is 301 g/mol. The molecule has 1 aromatic rings. The Kier molecular flexibility index (Phi) is 4.02. The van der Waals surface area contributed by atoms with Gasteiger partial charge < -0.3 is 5.11 Å². The van der Waals surface area contributed by atoms with E-state index in [1.807, 2.05) is 31.2 Å². The summed E-state index contributed by atoms with van der Waals surface area (Å²) >= 11 is 0. The second-order valence-corrected chi connectivity index (χ2v) is 5.69. The first-order valence-corrected chi connectivity index (χ1v) is 6.78. The highest BCUT2D eigenvalue weighted by molar-refractivity contribution is 5.76. The molecule has 2 atom stereocenters. The van der Waals surface area contributed by atoms with Crippen molar-refractivity contribution >= 4 is 5.97 Å². The molecule has 0 spiro atoms. The standard InChI is InChI=1S/C15H18F3NO2/c1-10-3-5-12(6-4-10)11(2)19-8-7-14(9-19,13(20)21)15(16,17)18/h3-6,11H,7-9H2,1-2H3,(H,20,21). The van der Waals surface area contributed by atoms with Crippen LogP contribution in [0.1, 0.15) is 30.5 Å². The van der Waals surface area contributed by atoms with E-state index in [1.165, 1.54) is 0 Å². The molecule has 21 heavy (non-hydrogen) atoms. The zero-order valence-corrected chi connectivity index (χ0v) is 11.9. The van der Waals surface area contributed by atoms with E-state index in [4.69, 9.17) is 5.11 Å². The maximum atomic E-state index is 13.2. The quantitative estimate of drug-likeness (QED) is 0.930. The van der Waals surface area contributed by atoms with Crippen LogP contribution in [0.2, 0.25) is 0 Å². The zero-order valence-electron chi connectivity index (χ0n) is 11.9. The van der Waals surface area contributed by atoms with E-state index in [1.54, 1.807) is 11.8 Å². The summed E-state index contributed by atoms with van der Waals surface area (Å²) in [4.78, 5) is 12.8. The fourth-order valence-electron chi connectivity index (χ4n) is 2.75. The van der Waals surface area contributed by atoms with Gasteiger partial charge >= 0.3 is 12.1 Å². The number of nitrogens with zero attached hydrogens (tertiary/aromatic N) is 1. The van der Waals surface area contributed by atoms with E-state index in [2.05, 4.69) is 0 Å². The Labute approximate surface area is 121 Å². The Bertz CT molecular complexity index is 527. The van der Waals surface area contributed by atoms with Crippen LogP contribution in [-0.2, 0) is 4.79 Å². The summed E-state index contributed by atoms with van der Waals surface area (Å²) in [5.74, 6) is -1.78. The van der Waals surface area contributed by atoms with Gasteiger partial charge in [0, 0.05) is 19.1 Å². The van der Waals surface area contributed by atoms with Gasteiger partial charge in [0.2, 0.25) is 0 Å². The molecule has 0 aromatic heterocycles. The van der Waals surface area contributed by atoms with Gasteiger partial charge in [0.05, 0.1) is 0 Å². The summed E-state index contributed by atoms with van der Waals surface area (Å²) < 4.78 is 39.5. The van der Waals surface area contributed by atoms with E-state index >= 15 is 0 Å². The third-order valence-electron chi connectivity index (χ3n) is 4.36. The van der Waals surface area contributed by atoms with Crippen molar-refractivity contribution in [2.24, 2.45) is 5.41 Å². The van der Waals surface area contributed by atoms with Gasteiger partial charge in [-0.2, -0.15) is 13.2 Å². The first kappa shape index (κ1) is 15.8. The number of hydrogen-bond donors (Lipinski definition) is 1. The lowest BCUT2D eigenvalue weighted by molar-refractivity contribution is -0.227. The van der Waals surface area contributed by atoms with Crippen molar-refractivity contribution in [1.29, 1.82) is 0 Å². The second kappa shape index (κ2) is 5.33. The molecule has 1 saturated heterocycles. The highest BCUT2D eigenvalue weighted by Crippen LogP contribution is 2.47. The molecule has 116 valence electrons. The molecule has 6 heteroatoms. The maximum Gasteiger partial charge on any atom is 0.406 e. The van der Waals surface area contributed by atoms with Crippen LogP contribution in [0.4, 0.5) is 13.2 Å². The van der Waals surface area contributed by atoms with E-state index in [0.29, 0.717) is 0 Å². The van der Waals surface area contributed by atoms with Crippen LogP contribution in [0.5, 0.6) is 0 Å². The number of carboxylic acid groups (broad SMARTS) is 1. The van der Waals surface area contributed by atoms with Crippen LogP contribution in [0, 0.1) is 12.3 Å². The van der Waals surface area contributed by atoms with Crippen molar-refractivity contribution < 1.29 is 23.1 Å². The number of carbonyl (C=O) groups is 1. The van der Waals surface area contributed by atoms with E-state index in [9.17, 15) is 18.0 Å². The zero-order chi connectivity index (χ0) is 15.8. The Hall–Kier alpha value is -1.56. The van der Waals surface area contributed by atoms with Crippen molar-refractivity contribution in [3.05, 3.63) is 35.4 Å². The first-order valence-electron chi connectivity index (χ1n) is 6.78. The number of carboxylic acids is 1. The molecule has 0 aliphatic carbocycles. The molecule has 1 aliphatic heterocycles. The smallest absolute Gasteiger partial charge is 0.406 e. The molecular formula is C15H18F3NO2. The van der Waals surface area contributed by atoms with Crippen LogP contribution in [-0.4, -0.2) is 35.2 Å². The van der Waals surface area contributed by atoms with Crippen molar-refractivity contribution in [3.8, 4) is 0 Å². The number of aryl methyl sites for hydroxylation is 1. The molecule has 1 aromatic carbocycles. The summed E-state index contributed by atoms with van der Waals surface area (Å²) in [5.41, 5.74) is -0.683. The minimum atomic E-state index is -4.74. The van der Waals surface area contributed by atoms with Crippen molar-refractivity contribution in [3.63, 3.8) is 0 Å². The molecule has 1 N–H and O–H groups in total. The largest absolute Gasteiger partial charge is 0.481 e. The topological polar surface area (TPSA) is 40.5 Å². The number of aliphatic carboxylic acids is 1. The molecule has 2 unspecified atom stereocenters. The van der Waals surface area contributed by atoms with E-state index in [-0.39, 0.29) is 12.6 Å². The molecule has 2 rings (SSSR count). The van der Waals surface area contributed by atoms with Crippen LogP contribution < -0.4 is 0 Å². The van der Waals surface area contributed by atoms with Crippen molar-refractivity contribution in [2.75, 3.05) is 13.1 Å². The molecule has 1 fully saturated rings. The molecule has 0 bridgehead atoms. The normalized spacial score (nSPS) is 25.0. The summed E-state index contributed by atoms with van der Waals surface area (Å²) in [7, 11) is 0. The monoisotopic (exact) mass is 301 g/mol. The third kappa shape index (κ3) is 2.77. The van der Waals surface area contributed by atoms with Gasteiger partial charge in [-0.15, -0.1) is 0 Å². The van der Waals surface area contributed by atoms with Gasteiger partial charge in [0.1, 0.15) is 0 Å². The minimum absolute atomic E-state index is 0.126. The molecule has 1 heterocycles. The lowest BCUT2D eigenvalue weighted by Gasteiger charge is -2.29. The van der Waals surface area contributed by atoms with Gasteiger partial charge in [0.15, 0.2) is 5.41 Å². The fraction of sp³-hybridized carbons (Fsp3) is 0.533. The number of hydrogen-bond acceptors (Lipinski definition) is 2. The number of rotatable bonds is 3. The Morgan fingerprint density at radius 3 is 2.33 bits per heavy atom. The highest BCUT2D eigenvalue weighted by Gasteiger charge is 2.63. The van der Waals surface area contributed by atoms with Crippen LogP contribution in [0.25, 0.3) is 0 Å². The average Bonchev–Trinajstić information content (AvgIpc) is 2.84. The summed E-state index contributed by atoms with van der Waals surface area (Å²) in [6.07, 6.45) is -5.14. The second-order valence-electron chi connectivity index (χ2n) is 5.69. The van der Waals surface area contributed by atoms with E-state index in [0.717, 1.165) is 11.1 Å². The van der Waals surface area contributed by atoms with Gasteiger partial charge in [-0.3, -0.25) is 9.69 Å². The number of alkyl halides is 3. The fourth-order valence-corrected chi connectivity index (χ4v) is 2.75. The Morgan fingerprint density at radius 2 is 1.90 bits per heavy atom. The van der Waals surface area contributed by atoms with Crippen molar-refractivity contribution in [2.45, 2.75) is 32.5 Å². The Balaban J connectivity index is 2.21. The van der Waals surface area contributed by atoms with Gasteiger partial charge in [0.25, 0.3) is 0 Å². The molecule has 0 saturated carbocycles. The molecule has 0 radical (unpaired) electrons. The predicted octanol–water partition coefficient (Wildman–Crippen LogP) is 3.40. The lowest BCUT2D eigenvalue weighted by atomic mass is 9.86. The van der Waals surface area contributed by atoms with Gasteiger partial charge in [-0.25, -0.2) is 0 Å². The minimum Gasteiger partial charge on any atom is -0.481 e. The van der Waals surface area contributed by atoms with Crippen LogP contribution in [0.3, 0.4) is 0 Å². The number of halogens is 3. The SMILES string of the molecule is Cc1ccc(C(C)N2CCC(C(=O)O)(C(F)(F)F)C2)cc1. The summed E-state index contributed by atoms with van der Waals surface area (Å²) in [5, 5.41) is 9.06. The predicted molar refractivity (Wildman–Crippen MR) is 71.9 cm³/mol. The number of benzene rings is 1. The number of likely N-dealkylation sites (tertiary alicyclic amines) is 1. The first-order chi connectivity index (χ1) is 9.67. The summed E-state index contributed by atoms with van der Waals surface area (Å²) in [6, 6.07) is 7.30. The molecule has 1 aliphatic rings. The van der Waals surface area contributed by atoms with Crippen molar-refractivity contribution in [1.82, 2.24) is 4.90 Å². The summed E-state index contributed by atoms with van der Waals surface area (Å²) in [6.45, 7) is 3.37. The van der Waals surface area contributed by atoms with E-state index < -0.39 is 30.5 Å². The Morgan fingerprint density at radius 1 is 1.33 bits per heavy atom. The van der Waals surface area contributed by atoms with Gasteiger partial charge in [-0.05, 0) is 25.8 Å². The van der Waals surface area contributed by atoms with Crippen LogP contribution in [0.15, 0.2) is 24.3 Å². The molecule has 0 amide bonds. The highest BCUT2D eigenvalue weighted by atomic mass is 19.4. The van der Waals surface area contributed by atoms with Gasteiger partial charge in [-0.1, -0.05) is 29.8 Å². The molecular weight excluding hydrogens is 283 g/mol. The maximum absolute atomic E-state index is 13.2. The lowest BCUT2D eigenvalue weighted by Crippen LogP contribution is -2.47. The molecule has 3 nitrogen and oxygen atoms in total.